The number of furan rings is 1. The fraction of sp³-hybridized carbons (Fsp3) is 0.125. The van der Waals surface area contributed by atoms with Crippen LogP contribution in [-0.4, -0.2) is 11.8 Å². The molecule has 0 spiro atoms. The standard InChI is InChI=1S/C16H12O5/c1-9-3-4-11(19-9)8-15-16(18)13-6-5-12(20-10(2)17)7-14(13)21-15/h3-8H,1-2H3/b15-8+. The zero-order chi connectivity index (χ0) is 15.0. The smallest absolute Gasteiger partial charge is 0.308 e. The zero-order valence-electron chi connectivity index (χ0n) is 11.5. The maximum absolute atomic E-state index is 12.2. The topological polar surface area (TPSA) is 65.7 Å². The van der Waals surface area contributed by atoms with Crippen LogP contribution in [0.2, 0.25) is 0 Å². The molecule has 0 amide bonds. The van der Waals surface area contributed by atoms with E-state index in [4.69, 9.17) is 13.9 Å². The molecule has 0 saturated heterocycles. The average Bonchev–Trinajstić information content (AvgIpc) is 2.94. The molecular weight excluding hydrogens is 272 g/mol. The van der Waals surface area contributed by atoms with E-state index in [1.807, 2.05) is 6.92 Å². The molecule has 0 radical (unpaired) electrons. The van der Waals surface area contributed by atoms with Crippen molar-refractivity contribution in [3.05, 3.63) is 53.2 Å². The minimum Gasteiger partial charge on any atom is -0.462 e. The number of ether oxygens (including phenoxy) is 2. The van der Waals surface area contributed by atoms with E-state index in [1.54, 1.807) is 30.3 Å². The molecule has 1 aromatic heterocycles. The lowest BCUT2D eigenvalue weighted by molar-refractivity contribution is -0.131. The number of benzene rings is 1. The first-order valence-electron chi connectivity index (χ1n) is 6.36. The Hall–Kier alpha value is -2.82. The van der Waals surface area contributed by atoms with Gasteiger partial charge in [0.15, 0.2) is 5.76 Å². The van der Waals surface area contributed by atoms with Crippen LogP contribution in [-0.2, 0) is 4.79 Å². The Balaban J connectivity index is 1.91. The Morgan fingerprint density at radius 3 is 2.71 bits per heavy atom. The molecular formula is C16H12O5. The summed E-state index contributed by atoms with van der Waals surface area (Å²) < 4.78 is 15.9. The minimum absolute atomic E-state index is 0.180. The van der Waals surface area contributed by atoms with Gasteiger partial charge >= 0.3 is 5.97 Å². The Morgan fingerprint density at radius 1 is 1.24 bits per heavy atom. The fourth-order valence-corrected chi connectivity index (χ4v) is 2.06. The summed E-state index contributed by atoms with van der Waals surface area (Å²) in [7, 11) is 0. The van der Waals surface area contributed by atoms with Crippen molar-refractivity contribution in [2.24, 2.45) is 0 Å². The highest BCUT2D eigenvalue weighted by atomic mass is 16.5. The molecule has 0 unspecified atom stereocenters. The van der Waals surface area contributed by atoms with Gasteiger partial charge in [-0.2, -0.15) is 0 Å². The van der Waals surface area contributed by atoms with Gasteiger partial charge in [-0.25, -0.2) is 0 Å². The second-order valence-electron chi connectivity index (χ2n) is 4.64. The van der Waals surface area contributed by atoms with Crippen LogP contribution in [0.5, 0.6) is 11.5 Å². The number of hydrogen-bond acceptors (Lipinski definition) is 5. The highest BCUT2D eigenvalue weighted by Crippen LogP contribution is 2.35. The Morgan fingerprint density at radius 2 is 2.05 bits per heavy atom. The van der Waals surface area contributed by atoms with E-state index in [1.165, 1.54) is 13.0 Å². The Labute approximate surface area is 120 Å². The molecule has 2 aromatic rings. The first-order valence-corrected chi connectivity index (χ1v) is 6.36. The van der Waals surface area contributed by atoms with E-state index in [-0.39, 0.29) is 11.5 Å². The lowest BCUT2D eigenvalue weighted by atomic mass is 10.1. The van der Waals surface area contributed by atoms with Gasteiger partial charge in [-0.3, -0.25) is 9.59 Å². The van der Waals surface area contributed by atoms with Gasteiger partial charge in [0.2, 0.25) is 5.78 Å². The van der Waals surface area contributed by atoms with E-state index in [0.717, 1.165) is 5.76 Å². The number of hydrogen-bond donors (Lipinski definition) is 0. The number of rotatable bonds is 2. The summed E-state index contributed by atoms with van der Waals surface area (Å²) in [5.41, 5.74) is 0.431. The van der Waals surface area contributed by atoms with Crippen molar-refractivity contribution in [3.8, 4) is 11.5 Å². The van der Waals surface area contributed by atoms with Gasteiger partial charge in [0.25, 0.3) is 0 Å². The third kappa shape index (κ3) is 2.58. The third-order valence-electron chi connectivity index (χ3n) is 2.94. The molecule has 2 heterocycles. The zero-order valence-corrected chi connectivity index (χ0v) is 11.5. The largest absolute Gasteiger partial charge is 0.462 e. The van der Waals surface area contributed by atoms with Crippen molar-refractivity contribution in [1.29, 1.82) is 0 Å². The molecule has 0 aliphatic carbocycles. The Bertz CT molecular complexity index is 767. The normalized spacial score (nSPS) is 15.0. The molecule has 1 aliphatic rings. The van der Waals surface area contributed by atoms with E-state index in [2.05, 4.69) is 0 Å². The number of aryl methyl sites for hydroxylation is 1. The van der Waals surface area contributed by atoms with E-state index < -0.39 is 5.97 Å². The molecule has 106 valence electrons. The average molecular weight is 284 g/mol. The highest BCUT2D eigenvalue weighted by Gasteiger charge is 2.28. The van der Waals surface area contributed by atoms with Crippen LogP contribution >= 0.6 is 0 Å². The SMILES string of the molecule is CC(=O)Oc1ccc2c(c1)O/C(=C/c1ccc(C)o1)C2=O. The quantitative estimate of drug-likeness (QED) is 0.481. The molecule has 0 saturated carbocycles. The molecule has 0 N–H and O–H groups in total. The van der Waals surface area contributed by atoms with Crippen molar-refractivity contribution >= 4 is 17.8 Å². The molecule has 21 heavy (non-hydrogen) atoms. The number of carbonyl (C=O) groups excluding carboxylic acids is 2. The summed E-state index contributed by atoms with van der Waals surface area (Å²) in [6.45, 7) is 3.13. The van der Waals surface area contributed by atoms with Gasteiger partial charge in [0.05, 0.1) is 5.56 Å². The molecule has 0 fully saturated rings. The van der Waals surface area contributed by atoms with Crippen molar-refractivity contribution in [2.45, 2.75) is 13.8 Å². The molecule has 3 rings (SSSR count). The molecule has 1 aliphatic heterocycles. The Kier molecular flexibility index (Phi) is 3.10. The monoisotopic (exact) mass is 284 g/mol. The lowest BCUT2D eigenvalue weighted by Gasteiger charge is -2.02. The van der Waals surface area contributed by atoms with Gasteiger partial charge in [-0.1, -0.05) is 0 Å². The number of Topliss-reactive ketones (excluding diaryl/α,β-unsaturated/α-hetero) is 1. The summed E-state index contributed by atoms with van der Waals surface area (Å²) in [4.78, 5) is 23.1. The van der Waals surface area contributed by atoms with Crippen molar-refractivity contribution in [3.63, 3.8) is 0 Å². The van der Waals surface area contributed by atoms with Crippen LogP contribution in [0.15, 0.2) is 40.5 Å². The number of ketones is 1. The molecule has 0 atom stereocenters. The molecule has 1 aromatic carbocycles. The predicted octanol–water partition coefficient (Wildman–Crippen LogP) is 3.13. The summed E-state index contributed by atoms with van der Waals surface area (Å²) in [5, 5.41) is 0. The molecule has 5 nitrogen and oxygen atoms in total. The maximum Gasteiger partial charge on any atom is 0.308 e. The van der Waals surface area contributed by atoms with Gasteiger partial charge in [0.1, 0.15) is 23.0 Å². The first kappa shape index (κ1) is 13.2. The van der Waals surface area contributed by atoms with Crippen LogP contribution < -0.4 is 9.47 Å². The van der Waals surface area contributed by atoms with E-state index in [9.17, 15) is 9.59 Å². The summed E-state index contributed by atoms with van der Waals surface area (Å²) in [6.07, 6.45) is 1.54. The van der Waals surface area contributed by atoms with Crippen molar-refractivity contribution < 1.29 is 23.5 Å². The molecule has 0 bridgehead atoms. The predicted molar refractivity (Wildman–Crippen MR) is 74.1 cm³/mol. The maximum atomic E-state index is 12.2. The number of esters is 1. The second kappa shape index (κ2) is 4.94. The minimum atomic E-state index is -0.430. The van der Waals surface area contributed by atoms with Crippen LogP contribution in [0.25, 0.3) is 6.08 Å². The number of fused-ring (bicyclic) bond motifs is 1. The van der Waals surface area contributed by atoms with Gasteiger partial charge < -0.3 is 13.9 Å². The second-order valence-corrected chi connectivity index (χ2v) is 4.64. The van der Waals surface area contributed by atoms with Gasteiger partial charge in [0, 0.05) is 19.1 Å². The van der Waals surface area contributed by atoms with Crippen LogP contribution in [0.1, 0.15) is 28.8 Å². The van der Waals surface area contributed by atoms with Crippen molar-refractivity contribution in [2.75, 3.05) is 0 Å². The molecule has 5 heteroatoms. The fourth-order valence-electron chi connectivity index (χ4n) is 2.06. The van der Waals surface area contributed by atoms with Crippen molar-refractivity contribution in [1.82, 2.24) is 0 Å². The highest BCUT2D eigenvalue weighted by molar-refractivity contribution is 6.14. The van der Waals surface area contributed by atoms with Gasteiger partial charge in [-0.05, 0) is 31.2 Å². The van der Waals surface area contributed by atoms with E-state index in [0.29, 0.717) is 22.8 Å². The summed E-state index contributed by atoms with van der Waals surface area (Å²) in [5.74, 6) is 1.53. The third-order valence-corrected chi connectivity index (χ3v) is 2.94. The summed E-state index contributed by atoms with van der Waals surface area (Å²) >= 11 is 0. The van der Waals surface area contributed by atoms with Crippen LogP contribution in [0, 0.1) is 6.92 Å². The van der Waals surface area contributed by atoms with Gasteiger partial charge in [-0.15, -0.1) is 0 Å². The lowest BCUT2D eigenvalue weighted by Crippen LogP contribution is -2.01. The van der Waals surface area contributed by atoms with E-state index >= 15 is 0 Å². The number of carbonyl (C=O) groups is 2. The first-order chi connectivity index (χ1) is 10.0. The summed E-state index contributed by atoms with van der Waals surface area (Å²) in [6, 6.07) is 8.21. The number of allylic oxidation sites excluding steroid dienone is 1. The van der Waals surface area contributed by atoms with Crippen LogP contribution in [0.4, 0.5) is 0 Å². The van der Waals surface area contributed by atoms with Crippen LogP contribution in [0.3, 0.4) is 0 Å².